The van der Waals surface area contributed by atoms with E-state index in [0.717, 1.165) is 16.8 Å². The van der Waals surface area contributed by atoms with Gasteiger partial charge < -0.3 is 0 Å². The lowest BCUT2D eigenvalue weighted by atomic mass is 10.1. The van der Waals surface area contributed by atoms with Crippen molar-refractivity contribution in [3.8, 4) is 22.4 Å². The van der Waals surface area contributed by atoms with E-state index in [4.69, 9.17) is 0 Å². The molecule has 3 aromatic rings. The van der Waals surface area contributed by atoms with Crippen molar-refractivity contribution in [3.63, 3.8) is 0 Å². The number of nitrogens with zero attached hydrogens (tertiary/aromatic N) is 2. The van der Waals surface area contributed by atoms with Crippen molar-refractivity contribution >= 4 is 0 Å². The lowest BCUT2D eigenvalue weighted by Crippen LogP contribution is -1.85. The fourth-order valence-corrected chi connectivity index (χ4v) is 1.88. The Morgan fingerprint density at radius 3 is 2.11 bits per heavy atom. The maximum atomic E-state index is 4.49. The maximum Gasteiger partial charge on any atom is 0.0717 e. The minimum atomic E-state index is 0.947. The van der Waals surface area contributed by atoms with E-state index in [-0.39, 0.29) is 0 Å². The highest BCUT2D eigenvalue weighted by atomic mass is 14.7. The van der Waals surface area contributed by atoms with Gasteiger partial charge in [0, 0.05) is 29.7 Å². The van der Waals surface area contributed by atoms with Gasteiger partial charge in [-0.2, -0.15) is 0 Å². The van der Waals surface area contributed by atoms with Gasteiger partial charge in [0.1, 0.15) is 0 Å². The topological polar surface area (TPSA) is 25.8 Å². The van der Waals surface area contributed by atoms with Gasteiger partial charge in [-0.25, -0.2) is 0 Å². The minimum Gasteiger partial charge on any atom is -0.264 e. The van der Waals surface area contributed by atoms with E-state index in [9.17, 15) is 0 Å². The van der Waals surface area contributed by atoms with E-state index in [2.05, 4.69) is 28.2 Å². The third-order valence-corrected chi connectivity index (χ3v) is 2.83. The van der Waals surface area contributed by atoms with Crippen molar-refractivity contribution in [1.82, 2.24) is 9.97 Å². The quantitative estimate of drug-likeness (QED) is 0.671. The van der Waals surface area contributed by atoms with Gasteiger partial charge in [0.15, 0.2) is 0 Å². The first-order valence-electron chi connectivity index (χ1n) is 5.85. The second-order valence-corrected chi connectivity index (χ2v) is 4.04. The monoisotopic (exact) mass is 232 g/mol. The summed E-state index contributed by atoms with van der Waals surface area (Å²) >= 11 is 0. The Balaban J connectivity index is 1.95. The van der Waals surface area contributed by atoms with Crippen molar-refractivity contribution in [2.45, 2.75) is 0 Å². The van der Waals surface area contributed by atoms with E-state index >= 15 is 0 Å². The minimum absolute atomic E-state index is 0.947. The average molecular weight is 232 g/mol. The van der Waals surface area contributed by atoms with Crippen LogP contribution in [0.3, 0.4) is 0 Å². The van der Waals surface area contributed by atoms with Crippen molar-refractivity contribution in [3.05, 3.63) is 73.2 Å². The lowest BCUT2D eigenvalue weighted by Gasteiger charge is -2.03. The second kappa shape index (κ2) is 4.80. The van der Waals surface area contributed by atoms with Crippen LogP contribution < -0.4 is 0 Å². The van der Waals surface area contributed by atoms with Crippen LogP contribution in [-0.4, -0.2) is 9.97 Å². The fourth-order valence-electron chi connectivity index (χ4n) is 1.88. The molecule has 0 radical (unpaired) electrons. The first kappa shape index (κ1) is 10.7. The van der Waals surface area contributed by atoms with Gasteiger partial charge in [0.25, 0.3) is 0 Å². The summed E-state index contributed by atoms with van der Waals surface area (Å²) in [5.41, 5.74) is 4.30. The van der Waals surface area contributed by atoms with Crippen molar-refractivity contribution in [1.29, 1.82) is 0 Å². The van der Waals surface area contributed by atoms with Gasteiger partial charge in [-0.1, -0.05) is 36.4 Å². The molecule has 0 N–H and O–H groups in total. The molecule has 0 aliphatic carbocycles. The lowest BCUT2D eigenvalue weighted by molar-refractivity contribution is 1.28. The predicted molar refractivity (Wildman–Crippen MR) is 72.9 cm³/mol. The SMILES string of the molecule is c1ccc(-c2ccc(-c3cccnc3)nc2)cc1. The molecular formula is C16H12N2. The van der Waals surface area contributed by atoms with Crippen molar-refractivity contribution in [2.75, 3.05) is 0 Å². The van der Waals surface area contributed by atoms with E-state index in [1.54, 1.807) is 6.20 Å². The van der Waals surface area contributed by atoms with Crippen LogP contribution in [0.15, 0.2) is 73.2 Å². The third kappa shape index (κ3) is 2.13. The molecule has 1 aromatic carbocycles. The number of hydrogen-bond acceptors (Lipinski definition) is 2. The van der Waals surface area contributed by atoms with Gasteiger partial charge in [-0.05, 0) is 23.8 Å². The van der Waals surface area contributed by atoms with Crippen molar-refractivity contribution < 1.29 is 0 Å². The van der Waals surface area contributed by atoms with E-state index in [1.165, 1.54) is 5.56 Å². The zero-order chi connectivity index (χ0) is 12.2. The summed E-state index contributed by atoms with van der Waals surface area (Å²) in [6.45, 7) is 0. The van der Waals surface area contributed by atoms with Crippen LogP contribution in [0.5, 0.6) is 0 Å². The van der Waals surface area contributed by atoms with Gasteiger partial charge in [0.05, 0.1) is 5.69 Å². The molecule has 3 rings (SSSR count). The highest BCUT2D eigenvalue weighted by molar-refractivity contribution is 5.66. The standard InChI is InChI=1S/C16H12N2/c1-2-5-13(6-3-1)14-8-9-16(18-12-14)15-7-4-10-17-11-15/h1-12H. The number of benzene rings is 1. The summed E-state index contributed by atoms with van der Waals surface area (Å²) in [5, 5.41) is 0. The van der Waals surface area contributed by atoms with Crippen LogP contribution in [0, 0.1) is 0 Å². The number of aromatic nitrogens is 2. The Labute approximate surface area is 106 Å². The number of pyridine rings is 2. The normalized spacial score (nSPS) is 10.2. The maximum absolute atomic E-state index is 4.49. The Hall–Kier alpha value is -2.48. The van der Waals surface area contributed by atoms with Gasteiger partial charge in [-0.15, -0.1) is 0 Å². The number of hydrogen-bond donors (Lipinski definition) is 0. The molecule has 0 unspecified atom stereocenters. The summed E-state index contributed by atoms with van der Waals surface area (Å²) < 4.78 is 0. The average Bonchev–Trinajstić information content (AvgIpc) is 2.49. The molecule has 2 nitrogen and oxygen atoms in total. The molecule has 0 aliphatic rings. The fraction of sp³-hybridized carbons (Fsp3) is 0. The van der Waals surface area contributed by atoms with Crippen molar-refractivity contribution in [2.24, 2.45) is 0 Å². The van der Waals surface area contributed by atoms with Crippen LogP contribution in [0.1, 0.15) is 0 Å². The second-order valence-electron chi connectivity index (χ2n) is 4.04. The summed E-state index contributed by atoms with van der Waals surface area (Å²) in [6, 6.07) is 18.3. The molecule has 18 heavy (non-hydrogen) atoms. The third-order valence-electron chi connectivity index (χ3n) is 2.83. The van der Waals surface area contributed by atoms with E-state index in [0.29, 0.717) is 0 Å². The molecule has 0 saturated carbocycles. The van der Waals surface area contributed by atoms with Crippen LogP contribution in [-0.2, 0) is 0 Å². The molecule has 86 valence electrons. The Morgan fingerprint density at radius 1 is 0.611 bits per heavy atom. The highest BCUT2D eigenvalue weighted by Crippen LogP contribution is 2.21. The van der Waals surface area contributed by atoms with E-state index < -0.39 is 0 Å². The zero-order valence-corrected chi connectivity index (χ0v) is 9.82. The molecule has 0 atom stereocenters. The summed E-state index contributed by atoms with van der Waals surface area (Å²) in [6.07, 6.45) is 5.49. The first-order valence-corrected chi connectivity index (χ1v) is 5.85. The zero-order valence-electron chi connectivity index (χ0n) is 9.82. The molecule has 0 spiro atoms. The highest BCUT2D eigenvalue weighted by Gasteiger charge is 2.00. The van der Waals surface area contributed by atoms with Gasteiger partial charge >= 0.3 is 0 Å². The Kier molecular flexibility index (Phi) is 2.84. The molecule has 0 amide bonds. The summed E-state index contributed by atoms with van der Waals surface area (Å²) in [4.78, 5) is 8.59. The van der Waals surface area contributed by atoms with Crippen LogP contribution in [0.25, 0.3) is 22.4 Å². The summed E-state index contributed by atoms with van der Waals surface area (Å²) in [7, 11) is 0. The van der Waals surface area contributed by atoms with Crippen LogP contribution in [0.4, 0.5) is 0 Å². The van der Waals surface area contributed by atoms with Crippen LogP contribution >= 0.6 is 0 Å². The molecular weight excluding hydrogens is 220 g/mol. The van der Waals surface area contributed by atoms with Gasteiger partial charge in [-0.3, -0.25) is 9.97 Å². The molecule has 0 fully saturated rings. The first-order chi connectivity index (χ1) is 8.93. The molecule has 0 aliphatic heterocycles. The van der Waals surface area contributed by atoms with Gasteiger partial charge in [0.2, 0.25) is 0 Å². The Morgan fingerprint density at radius 2 is 1.44 bits per heavy atom. The molecule has 2 heterocycles. The Bertz CT molecular complexity index is 558. The molecule has 0 saturated heterocycles. The molecule has 2 aromatic heterocycles. The smallest absolute Gasteiger partial charge is 0.0717 e. The number of rotatable bonds is 2. The molecule has 0 bridgehead atoms. The predicted octanol–water partition coefficient (Wildman–Crippen LogP) is 3.81. The molecule has 2 heteroatoms. The summed E-state index contributed by atoms with van der Waals surface area (Å²) in [5.74, 6) is 0. The van der Waals surface area contributed by atoms with Crippen LogP contribution in [0.2, 0.25) is 0 Å². The van der Waals surface area contributed by atoms with E-state index in [1.807, 2.05) is 48.8 Å². The largest absolute Gasteiger partial charge is 0.264 e.